The first kappa shape index (κ1) is 19.9. The molecule has 1 N–H and O–H groups in total. The van der Waals surface area contributed by atoms with Crippen LogP contribution in [-0.4, -0.2) is 47.2 Å². The molecule has 7 heteroatoms. The summed E-state index contributed by atoms with van der Waals surface area (Å²) < 4.78 is 12.4. The second kappa shape index (κ2) is 9.90. The van der Waals surface area contributed by atoms with Gasteiger partial charge in [-0.15, -0.1) is 0 Å². The molecule has 3 rings (SSSR count). The third-order valence-corrected chi connectivity index (χ3v) is 5.34. The Labute approximate surface area is 169 Å². The Hall–Kier alpha value is -1.86. The van der Waals surface area contributed by atoms with Gasteiger partial charge in [-0.05, 0) is 66.4 Å². The van der Waals surface area contributed by atoms with E-state index in [1.54, 1.807) is 12.4 Å². The van der Waals surface area contributed by atoms with E-state index in [1.807, 2.05) is 19.9 Å². The maximum Gasteiger partial charge on any atom is 0.222 e. The third-order valence-electron chi connectivity index (χ3n) is 4.56. The predicted octanol–water partition coefficient (Wildman–Crippen LogP) is 4.11. The van der Waals surface area contributed by atoms with E-state index in [0.29, 0.717) is 25.2 Å². The molecule has 6 nitrogen and oxygen atoms in total. The number of nitrogens with zero attached hydrogens (tertiary/aromatic N) is 3. The van der Waals surface area contributed by atoms with Gasteiger partial charge in [0.15, 0.2) is 0 Å². The Balaban J connectivity index is 1.59. The molecule has 0 unspecified atom stereocenters. The van der Waals surface area contributed by atoms with E-state index in [1.165, 1.54) is 5.56 Å². The Morgan fingerprint density at radius 3 is 2.22 bits per heavy atom. The normalized spacial score (nSPS) is 15.5. The Morgan fingerprint density at radius 2 is 1.67 bits per heavy atom. The molecule has 0 radical (unpaired) electrons. The molecule has 1 fully saturated rings. The average molecular weight is 435 g/mol. The number of hydrogen-bond donors (Lipinski definition) is 1. The topological polar surface area (TPSA) is 59.5 Å². The fraction of sp³-hybridized carbons (Fsp3) is 0.500. The molecular weight excluding hydrogens is 408 g/mol. The zero-order chi connectivity index (χ0) is 19.1. The highest BCUT2D eigenvalue weighted by Crippen LogP contribution is 2.36. The van der Waals surface area contributed by atoms with Gasteiger partial charge < -0.3 is 14.8 Å². The van der Waals surface area contributed by atoms with Crippen molar-refractivity contribution in [3.05, 3.63) is 40.6 Å². The van der Waals surface area contributed by atoms with E-state index < -0.39 is 0 Å². The van der Waals surface area contributed by atoms with Crippen molar-refractivity contribution in [3.63, 3.8) is 0 Å². The summed E-state index contributed by atoms with van der Waals surface area (Å²) in [6, 6.07) is 6.47. The van der Waals surface area contributed by atoms with Crippen molar-refractivity contribution in [2.75, 3.05) is 31.6 Å². The number of hydrogen-bond acceptors (Lipinski definition) is 6. The summed E-state index contributed by atoms with van der Waals surface area (Å²) in [6.07, 6.45) is 5.69. The van der Waals surface area contributed by atoms with Crippen LogP contribution in [0.2, 0.25) is 0 Å². The first-order valence-corrected chi connectivity index (χ1v) is 10.3. The van der Waals surface area contributed by atoms with Gasteiger partial charge in [0.1, 0.15) is 16.0 Å². The Kier molecular flexibility index (Phi) is 7.29. The van der Waals surface area contributed by atoms with E-state index in [9.17, 15) is 0 Å². The minimum Gasteiger partial charge on any atom is -0.493 e. The quantitative estimate of drug-likeness (QED) is 0.674. The van der Waals surface area contributed by atoms with Crippen molar-refractivity contribution < 1.29 is 9.47 Å². The molecule has 1 aromatic heterocycles. The largest absolute Gasteiger partial charge is 0.493 e. The van der Waals surface area contributed by atoms with Gasteiger partial charge in [-0.1, -0.05) is 0 Å². The zero-order valence-electron chi connectivity index (χ0n) is 15.9. The summed E-state index contributed by atoms with van der Waals surface area (Å²) in [4.78, 5) is 11.0. The van der Waals surface area contributed by atoms with Gasteiger partial charge in [-0.25, -0.2) is 9.97 Å². The number of rotatable bonds is 8. The van der Waals surface area contributed by atoms with Gasteiger partial charge in [-0.3, -0.25) is 4.90 Å². The summed E-state index contributed by atoms with van der Waals surface area (Å²) in [7, 11) is 0. The van der Waals surface area contributed by atoms with Crippen LogP contribution in [0.5, 0.6) is 11.5 Å². The number of piperidine rings is 1. The molecule has 0 aliphatic carbocycles. The second-order valence-electron chi connectivity index (χ2n) is 6.54. The smallest absolute Gasteiger partial charge is 0.222 e. The van der Waals surface area contributed by atoms with Crippen LogP contribution in [0.3, 0.4) is 0 Å². The van der Waals surface area contributed by atoms with Crippen LogP contribution in [0.25, 0.3) is 0 Å². The van der Waals surface area contributed by atoms with Crippen LogP contribution in [0.4, 0.5) is 5.95 Å². The number of halogens is 1. The number of ether oxygens (including phenoxy) is 2. The molecular formula is C20H27BrN4O2. The number of benzene rings is 1. The van der Waals surface area contributed by atoms with Gasteiger partial charge in [0.2, 0.25) is 5.95 Å². The third kappa shape index (κ3) is 5.56. The number of likely N-dealkylation sites (tertiary alicyclic amines) is 1. The highest BCUT2D eigenvalue weighted by molar-refractivity contribution is 9.10. The molecule has 2 heterocycles. The summed E-state index contributed by atoms with van der Waals surface area (Å²) in [5.74, 6) is 2.40. The van der Waals surface area contributed by atoms with E-state index in [4.69, 9.17) is 9.47 Å². The van der Waals surface area contributed by atoms with Crippen molar-refractivity contribution in [1.82, 2.24) is 14.9 Å². The summed E-state index contributed by atoms with van der Waals surface area (Å²) >= 11 is 3.60. The van der Waals surface area contributed by atoms with Crippen molar-refractivity contribution in [3.8, 4) is 11.5 Å². The lowest BCUT2D eigenvalue weighted by atomic mass is 10.0. The average Bonchev–Trinajstić information content (AvgIpc) is 2.68. The molecule has 0 amide bonds. The molecule has 146 valence electrons. The van der Waals surface area contributed by atoms with E-state index in [-0.39, 0.29) is 0 Å². The number of aromatic nitrogens is 2. The molecule has 1 saturated heterocycles. The predicted molar refractivity (Wildman–Crippen MR) is 110 cm³/mol. The lowest BCUT2D eigenvalue weighted by molar-refractivity contribution is 0.210. The van der Waals surface area contributed by atoms with E-state index in [0.717, 1.165) is 48.4 Å². The first-order chi connectivity index (χ1) is 13.2. The van der Waals surface area contributed by atoms with E-state index >= 15 is 0 Å². The van der Waals surface area contributed by atoms with Crippen LogP contribution in [0.1, 0.15) is 32.3 Å². The fourth-order valence-corrected chi connectivity index (χ4v) is 3.75. The van der Waals surface area contributed by atoms with Crippen molar-refractivity contribution in [2.45, 2.75) is 39.3 Å². The maximum atomic E-state index is 5.77. The van der Waals surface area contributed by atoms with Crippen LogP contribution >= 0.6 is 15.9 Å². The molecule has 2 aromatic rings. The van der Waals surface area contributed by atoms with E-state index in [2.05, 4.69) is 48.2 Å². The molecule has 1 aliphatic heterocycles. The molecule has 0 atom stereocenters. The standard InChI is InChI=1S/C20H27BrN4O2/c1-3-26-17-12-15(13-18(19(17)21)27-4-2)14-25-10-6-16(7-11-25)24-20-22-8-5-9-23-20/h5,8-9,12-13,16H,3-4,6-7,10-11,14H2,1-2H3,(H,22,23,24). The van der Waals surface area contributed by atoms with Gasteiger partial charge in [0.25, 0.3) is 0 Å². The Morgan fingerprint density at radius 1 is 1.07 bits per heavy atom. The van der Waals surface area contributed by atoms with Gasteiger partial charge in [0.05, 0.1) is 13.2 Å². The molecule has 0 saturated carbocycles. The minimum atomic E-state index is 0.423. The van der Waals surface area contributed by atoms with Gasteiger partial charge in [-0.2, -0.15) is 0 Å². The van der Waals surface area contributed by atoms with Crippen LogP contribution in [0.15, 0.2) is 35.1 Å². The minimum absolute atomic E-state index is 0.423. The lowest BCUT2D eigenvalue weighted by Crippen LogP contribution is -2.38. The van der Waals surface area contributed by atoms with Crippen LogP contribution in [0, 0.1) is 0 Å². The van der Waals surface area contributed by atoms with Gasteiger partial charge in [0, 0.05) is 38.1 Å². The zero-order valence-corrected chi connectivity index (χ0v) is 17.5. The lowest BCUT2D eigenvalue weighted by Gasteiger charge is -2.32. The second-order valence-corrected chi connectivity index (χ2v) is 7.33. The van der Waals surface area contributed by atoms with Crippen molar-refractivity contribution >= 4 is 21.9 Å². The fourth-order valence-electron chi connectivity index (χ4n) is 3.29. The maximum absolute atomic E-state index is 5.77. The number of anilines is 1. The van der Waals surface area contributed by atoms with Crippen LogP contribution < -0.4 is 14.8 Å². The van der Waals surface area contributed by atoms with Crippen molar-refractivity contribution in [2.24, 2.45) is 0 Å². The SMILES string of the molecule is CCOc1cc(CN2CCC(Nc3ncccn3)CC2)cc(OCC)c1Br. The summed E-state index contributed by atoms with van der Waals surface area (Å²) in [5.41, 5.74) is 1.21. The highest BCUT2D eigenvalue weighted by atomic mass is 79.9. The van der Waals surface area contributed by atoms with Gasteiger partial charge >= 0.3 is 0 Å². The monoisotopic (exact) mass is 434 g/mol. The summed E-state index contributed by atoms with van der Waals surface area (Å²) in [5, 5.41) is 3.43. The molecule has 0 bridgehead atoms. The number of nitrogens with one attached hydrogen (secondary N) is 1. The van der Waals surface area contributed by atoms with Crippen molar-refractivity contribution in [1.29, 1.82) is 0 Å². The first-order valence-electron chi connectivity index (χ1n) is 9.53. The molecule has 1 aromatic carbocycles. The molecule has 1 aliphatic rings. The van der Waals surface area contributed by atoms with Crippen LogP contribution in [-0.2, 0) is 6.54 Å². The highest BCUT2D eigenvalue weighted by Gasteiger charge is 2.21. The summed E-state index contributed by atoms with van der Waals surface area (Å²) in [6.45, 7) is 8.21. The molecule has 0 spiro atoms. The Bertz CT molecular complexity index is 694. The molecule has 27 heavy (non-hydrogen) atoms.